The number of nitrogens with zero attached hydrogens (tertiary/aromatic N) is 2. The Morgan fingerprint density at radius 2 is 1.79 bits per heavy atom. The van der Waals surface area contributed by atoms with Gasteiger partial charge in [-0.3, -0.25) is 9.48 Å². The maximum atomic E-state index is 12.6. The van der Waals surface area contributed by atoms with Crippen molar-refractivity contribution in [2.24, 2.45) is 7.05 Å². The maximum absolute atomic E-state index is 12.6. The van der Waals surface area contributed by atoms with Gasteiger partial charge in [-0.05, 0) is 25.1 Å². The number of benzene rings is 1. The van der Waals surface area contributed by atoms with E-state index in [-0.39, 0.29) is 5.78 Å². The molecule has 0 radical (unpaired) electrons. The third-order valence-corrected chi connectivity index (χ3v) is 2.89. The second kappa shape index (κ2) is 5.14. The zero-order valence-electron chi connectivity index (χ0n) is 11.4. The van der Waals surface area contributed by atoms with Gasteiger partial charge in [0.2, 0.25) is 5.78 Å². The summed E-state index contributed by atoms with van der Waals surface area (Å²) in [4.78, 5) is 12.6. The minimum atomic E-state index is -0.169. The van der Waals surface area contributed by atoms with Gasteiger partial charge in [0.15, 0.2) is 0 Å². The lowest BCUT2D eigenvalue weighted by Crippen LogP contribution is -2.11. The van der Waals surface area contributed by atoms with Crippen LogP contribution in [0.25, 0.3) is 0 Å². The van der Waals surface area contributed by atoms with E-state index in [2.05, 4.69) is 5.10 Å². The van der Waals surface area contributed by atoms with Gasteiger partial charge in [0, 0.05) is 7.05 Å². The molecule has 0 aliphatic heterocycles. The van der Waals surface area contributed by atoms with Gasteiger partial charge in [-0.2, -0.15) is 5.10 Å². The average molecular weight is 260 g/mol. The summed E-state index contributed by atoms with van der Waals surface area (Å²) in [6.45, 7) is 1.84. The van der Waals surface area contributed by atoms with Crippen LogP contribution in [0, 0.1) is 6.92 Å². The summed E-state index contributed by atoms with van der Waals surface area (Å²) in [5.74, 6) is 0.809. The first-order valence-corrected chi connectivity index (χ1v) is 5.84. The second-order valence-corrected chi connectivity index (χ2v) is 4.16. The van der Waals surface area contributed by atoms with Crippen LogP contribution in [0.5, 0.6) is 11.5 Å². The van der Waals surface area contributed by atoms with E-state index in [4.69, 9.17) is 9.47 Å². The van der Waals surface area contributed by atoms with Gasteiger partial charge in [0.1, 0.15) is 22.8 Å². The van der Waals surface area contributed by atoms with Crippen LogP contribution in [-0.4, -0.2) is 29.8 Å². The van der Waals surface area contributed by atoms with Crippen LogP contribution in [0.3, 0.4) is 0 Å². The number of ketones is 1. The summed E-state index contributed by atoms with van der Waals surface area (Å²) in [5.41, 5.74) is 1.70. The highest BCUT2D eigenvalue weighted by Gasteiger charge is 2.22. The van der Waals surface area contributed by atoms with E-state index in [1.54, 1.807) is 36.0 Å². The minimum Gasteiger partial charge on any atom is -0.496 e. The van der Waals surface area contributed by atoms with Crippen LogP contribution >= 0.6 is 0 Å². The van der Waals surface area contributed by atoms with E-state index in [1.807, 2.05) is 6.92 Å². The smallest absolute Gasteiger partial charge is 0.218 e. The number of carbonyl (C=O) groups excluding carboxylic acids is 1. The fourth-order valence-electron chi connectivity index (χ4n) is 2.03. The fourth-order valence-corrected chi connectivity index (χ4v) is 2.03. The molecule has 2 aromatic rings. The van der Waals surface area contributed by atoms with Gasteiger partial charge in [0.25, 0.3) is 0 Å². The van der Waals surface area contributed by atoms with E-state index in [9.17, 15) is 4.79 Å². The monoisotopic (exact) mass is 260 g/mol. The van der Waals surface area contributed by atoms with Crippen LogP contribution in [0.4, 0.5) is 0 Å². The normalized spacial score (nSPS) is 10.3. The first-order valence-electron chi connectivity index (χ1n) is 5.84. The predicted molar refractivity (Wildman–Crippen MR) is 70.9 cm³/mol. The molecule has 0 fully saturated rings. The van der Waals surface area contributed by atoms with Gasteiger partial charge >= 0.3 is 0 Å². The topological polar surface area (TPSA) is 53.4 Å². The number of methoxy groups -OCH3 is 2. The van der Waals surface area contributed by atoms with Crippen LogP contribution in [-0.2, 0) is 7.05 Å². The standard InChI is InChI=1S/C14H16N2O3/c1-9-8-10(16(2)15-9)14(17)13-11(18-3)6-5-7-12(13)19-4/h5-8H,1-4H3. The van der Waals surface area contributed by atoms with Crippen LogP contribution in [0.2, 0.25) is 0 Å². The molecule has 1 aromatic heterocycles. The van der Waals surface area contributed by atoms with Crippen molar-refractivity contribution in [1.29, 1.82) is 0 Å². The number of hydrogen-bond donors (Lipinski definition) is 0. The SMILES string of the molecule is COc1cccc(OC)c1C(=O)c1cc(C)nn1C. The van der Waals surface area contributed by atoms with Crippen molar-refractivity contribution < 1.29 is 14.3 Å². The van der Waals surface area contributed by atoms with Crippen LogP contribution in [0.15, 0.2) is 24.3 Å². The van der Waals surface area contributed by atoms with Gasteiger partial charge in [-0.15, -0.1) is 0 Å². The Morgan fingerprint density at radius 1 is 1.21 bits per heavy atom. The van der Waals surface area contributed by atoms with Crippen molar-refractivity contribution in [2.45, 2.75) is 6.92 Å². The molecule has 0 spiro atoms. The lowest BCUT2D eigenvalue weighted by molar-refractivity contribution is 0.102. The summed E-state index contributed by atoms with van der Waals surface area (Å²) in [6.07, 6.45) is 0. The van der Waals surface area contributed by atoms with Crippen LogP contribution in [0.1, 0.15) is 21.7 Å². The van der Waals surface area contributed by atoms with Crippen molar-refractivity contribution in [2.75, 3.05) is 14.2 Å². The Kier molecular flexibility index (Phi) is 3.55. The molecule has 2 rings (SSSR count). The molecule has 5 nitrogen and oxygen atoms in total. The highest BCUT2D eigenvalue weighted by Crippen LogP contribution is 2.30. The van der Waals surface area contributed by atoms with E-state index >= 15 is 0 Å². The largest absolute Gasteiger partial charge is 0.496 e. The number of hydrogen-bond acceptors (Lipinski definition) is 4. The molecule has 0 amide bonds. The lowest BCUT2D eigenvalue weighted by atomic mass is 10.1. The summed E-state index contributed by atoms with van der Waals surface area (Å²) >= 11 is 0. The third kappa shape index (κ3) is 2.31. The molecule has 0 unspecified atom stereocenters. The van der Waals surface area contributed by atoms with Gasteiger partial charge in [0.05, 0.1) is 19.9 Å². The molecule has 0 bridgehead atoms. The Balaban J connectivity index is 2.58. The van der Waals surface area contributed by atoms with Gasteiger partial charge < -0.3 is 9.47 Å². The summed E-state index contributed by atoms with van der Waals surface area (Å²) < 4.78 is 12.1. The molecule has 0 aliphatic rings. The van der Waals surface area contributed by atoms with Crippen molar-refractivity contribution in [3.8, 4) is 11.5 Å². The quantitative estimate of drug-likeness (QED) is 0.789. The molecule has 0 N–H and O–H groups in total. The Labute approximate surface area is 111 Å². The Morgan fingerprint density at radius 3 is 2.21 bits per heavy atom. The number of aromatic nitrogens is 2. The lowest BCUT2D eigenvalue weighted by Gasteiger charge is -2.11. The minimum absolute atomic E-state index is 0.169. The molecule has 1 heterocycles. The third-order valence-electron chi connectivity index (χ3n) is 2.89. The molecule has 0 saturated heterocycles. The first kappa shape index (κ1) is 13.1. The van der Waals surface area contributed by atoms with E-state index < -0.39 is 0 Å². The fraction of sp³-hybridized carbons (Fsp3) is 0.286. The van der Waals surface area contributed by atoms with Crippen molar-refractivity contribution in [3.63, 3.8) is 0 Å². The molecule has 0 atom stereocenters. The molecule has 5 heteroatoms. The summed E-state index contributed by atoms with van der Waals surface area (Å²) in [5, 5.41) is 4.18. The van der Waals surface area contributed by atoms with Gasteiger partial charge in [-0.25, -0.2) is 0 Å². The van der Waals surface area contributed by atoms with Crippen LogP contribution < -0.4 is 9.47 Å². The van der Waals surface area contributed by atoms with E-state index in [0.29, 0.717) is 22.8 Å². The molecule has 1 aromatic carbocycles. The Hall–Kier alpha value is -2.30. The van der Waals surface area contributed by atoms with Crippen molar-refractivity contribution in [3.05, 3.63) is 41.2 Å². The number of aryl methyl sites for hydroxylation is 2. The van der Waals surface area contributed by atoms with Gasteiger partial charge in [-0.1, -0.05) is 6.07 Å². The number of ether oxygens (including phenoxy) is 2. The molecular weight excluding hydrogens is 244 g/mol. The molecule has 100 valence electrons. The zero-order chi connectivity index (χ0) is 14.0. The maximum Gasteiger partial charge on any atom is 0.218 e. The summed E-state index contributed by atoms with van der Waals surface area (Å²) in [7, 11) is 4.79. The second-order valence-electron chi connectivity index (χ2n) is 4.16. The number of carbonyl (C=O) groups is 1. The molecule has 0 saturated carbocycles. The van der Waals surface area contributed by atoms with Crippen molar-refractivity contribution in [1.82, 2.24) is 9.78 Å². The van der Waals surface area contributed by atoms with E-state index in [1.165, 1.54) is 14.2 Å². The average Bonchev–Trinajstić information content (AvgIpc) is 2.75. The highest BCUT2D eigenvalue weighted by molar-refractivity contribution is 6.11. The van der Waals surface area contributed by atoms with E-state index in [0.717, 1.165) is 5.69 Å². The predicted octanol–water partition coefficient (Wildman–Crippen LogP) is 1.98. The Bertz CT molecular complexity index is 595. The summed E-state index contributed by atoms with van der Waals surface area (Å²) in [6, 6.07) is 7.00. The molecular formula is C14H16N2O3. The zero-order valence-corrected chi connectivity index (χ0v) is 11.4. The number of rotatable bonds is 4. The highest BCUT2D eigenvalue weighted by atomic mass is 16.5. The first-order chi connectivity index (χ1) is 9.08. The molecule has 0 aliphatic carbocycles. The van der Waals surface area contributed by atoms with Crippen molar-refractivity contribution >= 4 is 5.78 Å². The molecule has 19 heavy (non-hydrogen) atoms.